The predicted molar refractivity (Wildman–Crippen MR) is 213 cm³/mol. The molecule has 2 aromatic carbocycles. The summed E-state index contributed by atoms with van der Waals surface area (Å²) in [4.78, 5) is 39.6. The molecule has 2 atom stereocenters. The van der Waals surface area contributed by atoms with Crippen LogP contribution in [-0.4, -0.2) is 62.9 Å². The highest BCUT2D eigenvalue weighted by atomic mass is 16.5. The van der Waals surface area contributed by atoms with E-state index in [1.54, 1.807) is 25.1 Å². The minimum Gasteiger partial charge on any atom is -0.465 e. The largest absolute Gasteiger partial charge is 0.465 e. The van der Waals surface area contributed by atoms with Gasteiger partial charge in [0.1, 0.15) is 0 Å². The molecule has 0 aromatic heterocycles. The Morgan fingerprint density at radius 1 is 0.880 bits per heavy atom. The maximum Gasteiger partial charge on any atom is 0.312 e. The first kappa shape index (κ1) is 46.5. The van der Waals surface area contributed by atoms with Crippen molar-refractivity contribution >= 4 is 29.8 Å². The van der Waals surface area contributed by atoms with Gasteiger partial charge in [-0.3, -0.25) is 14.4 Å². The molecule has 2 rings (SSSR count). The van der Waals surface area contributed by atoms with Crippen molar-refractivity contribution in [2.24, 2.45) is 27.9 Å². The summed E-state index contributed by atoms with van der Waals surface area (Å²) in [6.45, 7) is 28.7. The summed E-state index contributed by atoms with van der Waals surface area (Å²) in [6.07, 6.45) is 8.34. The van der Waals surface area contributed by atoms with E-state index in [2.05, 4.69) is 79.6 Å². The van der Waals surface area contributed by atoms with Gasteiger partial charge in [0.05, 0.1) is 12.0 Å². The van der Waals surface area contributed by atoms with E-state index in [0.717, 1.165) is 23.1 Å². The monoisotopic (exact) mass is 692 g/mol. The SMILES string of the molecule is C=Cc1ccccc1C(=O)N(CCCOC(=O)C(C)(CC(C)(C)C(C)CCCC)C(C)(C)C)CCNC.C=Cc1ccccc1C(C)=O.CN. The van der Waals surface area contributed by atoms with Crippen molar-refractivity contribution in [3.05, 3.63) is 83.9 Å². The zero-order valence-corrected chi connectivity index (χ0v) is 33.3. The van der Waals surface area contributed by atoms with Crippen LogP contribution in [0.1, 0.15) is 126 Å². The third-order valence-corrected chi connectivity index (χ3v) is 9.94. The van der Waals surface area contributed by atoms with Gasteiger partial charge in [-0.2, -0.15) is 0 Å². The van der Waals surface area contributed by atoms with Gasteiger partial charge in [0.25, 0.3) is 5.91 Å². The molecule has 0 aliphatic carbocycles. The lowest BCUT2D eigenvalue weighted by atomic mass is 9.58. The number of hydrogen-bond acceptors (Lipinski definition) is 6. The van der Waals surface area contributed by atoms with E-state index in [9.17, 15) is 14.4 Å². The van der Waals surface area contributed by atoms with Crippen LogP contribution in [0.5, 0.6) is 0 Å². The number of carbonyl (C=O) groups excluding carboxylic acids is 3. The minimum absolute atomic E-state index is 0.0190. The fourth-order valence-electron chi connectivity index (χ4n) is 5.81. The first-order valence-corrected chi connectivity index (χ1v) is 18.1. The molecule has 2 aromatic rings. The van der Waals surface area contributed by atoms with Crippen molar-refractivity contribution in [1.82, 2.24) is 10.2 Å². The minimum atomic E-state index is -0.610. The Balaban J connectivity index is 0.00000154. The molecule has 0 bridgehead atoms. The maximum atomic E-state index is 13.6. The van der Waals surface area contributed by atoms with Crippen LogP contribution < -0.4 is 11.1 Å². The zero-order chi connectivity index (χ0) is 38.5. The lowest BCUT2D eigenvalue weighted by Crippen LogP contribution is -2.46. The van der Waals surface area contributed by atoms with Gasteiger partial charge in [-0.25, -0.2) is 0 Å². The lowest BCUT2D eigenvalue weighted by Gasteiger charge is -2.46. The average molecular weight is 692 g/mol. The molecule has 2 unspecified atom stereocenters. The lowest BCUT2D eigenvalue weighted by molar-refractivity contribution is -0.166. The number of nitrogens with one attached hydrogen (secondary N) is 1. The standard InChI is InChI=1S/C32H54N2O3.C10H10O.CH5N/c1-11-13-17-25(3)31(7,8)24-32(9,30(4,5)6)29(36)37-23-16-21-34(22-20-33-10)28(35)27-19-15-14-18-26(27)12-2;1-3-9-6-4-5-7-10(9)8(2)11;1-2/h12,14-15,18-19,25,33H,2,11,13,16-17,20-24H2,1,3-10H3;3-7H,1H2,2H3;2H2,1H3. The van der Waals surface area contributed by atoms with Crippen LogP contribution in [0.2, 0.25) is 0 Å². The van der Waals surface area contributed by atoms with Crippen LogP contribution in [-0.2, 0) is 9.53 Å². The molecule has 0 aliphatic rings. The van der Waals surface area contributed by atoms with E-state index in [4.69, 9.17) is 4.74 Å². The van der Waals surface area contributed by atoms with Gasteiger partial charge in [0.15, 0.2) is 5.78 Å². The van der Waals surface area contributed by atoms with Gasteiger partial charge < -0.3 is 20.7 Å². The van der Waals surface area contributed by atoms with Crippen LogP contribution in [0.3, 0.4) is 0 Å². The van der Waals surface area contributed by atoms with Crippen molar-refractivity contribution in [3.63, 3.8) is 0 Å². The Labute approximate surface area is 305 Å². The van der Waals surface area contributed by atoms with Crippen LogP contribution in [0.15, 0.2) is 61.7 Å². The summed E-state index contributed by atoms with van der Waals surface area (Å²) >= 11 is 0. The third kappa shape index (κ3) is 14.4. The van der Waals surface area contributed by atoms with Gasteiger partial charge in [-0.15, -0.1) is 0 Å². The van der Waals surface area contributed by atoms with Crippen LogP contribution in [0.25, 0.3) is 12.2 Å². The van der Waals surface area contributed by atoms with Crippen molar-refractivity contribution in [1.29, 1.82) is 0 Å². The Kier molecular flexibility index (Phi) is 21.4. The number of nitrogens with zero attached hydrogens (tertiary/aromatic N) is 1. The first-order chi connectivity index (χ1) is 23.5. The molecule has 280 valence electrons. The van der Waals surface area contributed by atoms with E-state index in [-0.39, 0.29) is 28.5 Å². The molecule has 0 saturated heterocycles. The van der Waals surface area contributed by atoms with Crippen LogP contribution in [0.4, 0.5) is 0 Å². The summed E-state index contributed by atoms with van der Waals surface area (Å²) in [5.41, 5.74) is 6.78. The Morgan fingerprint density at radius 3 is 1.86 bits per heavy atom. The second-order valence-corrected chi connectivity index (χ2v) is 14.8. The molecular formula is C43H69N3O4. The van der Waals surface area contributed by atoms with Gasteiger partial charge >= 0.3 is 5.97 Å². The molecule has 7 nitrogen and oxygen atoms in total. The van der Waals surface area contributed by atoms with Crippen molar-refractivity contribution in [3.8, 4) is 0 Å². The molecule has 0 heterocycles. The molecule has 0 saturated carbocycles. The zero-order valence-electron chi connectivity index (χ0n) is 33.3. The second kappa shape index (κ2) is 23.0. The van der Waals surface area contributed by atoms with Crippen molar-refractivity contribution in [2.75, 3.05) is 40.3 Å². The first-order valence-electron chi connectivity index (χ1n) is 18.1. The quantitative estimate of drug-likeness (QED) is 0.0918. The number of rotatable bonds is 18. The second-order valence-electron chi connectivity index (χ2n) is 14.8. The number of carbonyl (C=O) groups is 3. The fraction of sp³-hybridized carbons (Fsp3) is 0.558. The number of nitrogens with two attached hydrogens (primary N) is 1. The number of Topliss-reactive ketones (excluding diaryl/α,β-unsaturated/α-hetero) is 1. The van der Waals surface area contributed by atoms with Crippen molar-refractivity contribution < 1.29 is 19.1 Å². The molecule has 3 N–H and O–H groups in total. The van der Waals surface area contributed by atoms with Gasteiger partial charge in [-0.1, -0.05) is 136 Å². The van der Waals surface area contributed by atoms with E-state index in [1.165, 1.54) is 26.3 Å². The highest BCUT2D eigenvalue weighted by Crippen LogP contribution is 2.50. The van der Waals surface area contributed by atoms with Crippen LogP contribution in [0, 0.1) is 22.2 Å². The normalized spacial score (nSPS) is 12.9. The summed E-state index contributed by atoms with van der Waals surface area (Å²) < 4.78 is 5.92. The Bertz CT molecular complexity index is 1340. The molecule has 50 heavy (non-hydrogen) atoms. The summed E-state index contributed by atoms with van der Waals surface area (Å²) in [5.74, 6) is 0.438. The number of esters is 1. The molecule has 7 heteroatoms. The number of likely N-dealkylation sites (N-methyl/N-ethyl adjacent to an activating group) is 1. The number of benzene rings is 2. The van der Waals surface area contributed by atoms with Crippen molar-refractivity contribution in [2.45, 2.75) is 94.4 Å². The highest BCUT2D eigenvalue weighted by Gasteiger charge is 2.49. The topological polar surface area (TPSA) is 102 Å². The predicted octanol–water partition coefficient (Wildman–Crippen LogP) is 9.33. The van der Waals surface area contributed by atoms with Gasteiger partial charge in [-0.05, 0) is 74.7 Å². The highest BCUT2D eigenvalue weighted by molar-refractivity contribution is 5.98. The maximum absolute atomic E-state index is 13.6. The molecule has 0 fully saturated rings. The molecule has 0 aliphatic heterocycles. The number of ether oxygens (including phenoxy) is 1. The third-order valence-electron chi connectivity index (χ3n) is 9.94. The Hall–Kier alpha value is -3.55. The molecule has 0 radical (unpaired) electrons. The van der Waals surface area contributed by atoms with E-state index < -0.39 is 5.41 Å². The average Bonchev–Trinajstić information content (AvgIpc) is 3.10. The molecular weight excluding hydrogens is 622 g/mol. The number of amides is 1. The summed E-state index contributed by atoms with van der Waals surface area (Å²) in [6, 6.07) is 14.9. The molecule has 0 spiro atoms. The number of ketones is 1. The van der Waals surface area contributed by atoms with Gasteiger partial charge in [0.2, 0.25) is 0 Å². The summed E-state index contributed by atoms with van der Waals surface area (Å²) in [5, 5.41) is 3.12. The van der Waals surface area contributed by atoms with Crippen LogP contribution >= 0.6 is 0 Å². The Morgan fingerprint density at radius 2 is 1.40 bits per heavy atom. The smallest absolute Gasteiger partial charge is 0.312 e. The van der Waals surface area contributed by atoms with E-state index >= 15 is 0 Å². The van der Waals surface area contributed by atoms with E-state index in [0.29, 0.717) is 44.1 Å². The number of hydrogen-bond donors (Lipinski definition) is 2. The van der Waals surface area contributed by atoms with Gasteiger partial charge in [0, 0.05) is 30.8 Å². The number of unbranched alkanes of at least 4 members (excludes halogenated alkanes) is 1. The summed E-state index contributed by atoms with van der Waals surface area (Å²) in [7, 11) is 3.38. The molecule has 1 amide bonds. The van der Waals surface area contributed by atoms with E-state index in [1.807, 2.05) is 54.4 Å². The fourth-order valence-corrected chi connectivity index (χ4v) is 5.81.